The summed E-state index contributed by atoms with van der Waals surface area (Å²) in [6.07, 6.45) is 7.10. The zero-order valence-corrected chi connectivity index (χ0v) is 12.5. The van der Waals surface area contributed by atoms with Gasteiger partial charge in [0.1, 0.15) is 0 Å². The third-order valence-electron chi connectivity index (χ3n) is 4.37. The first-order chi connectivity index (χ1) is 8.49. The van der Waals surface area contributed by atoms with Gasteiger partial charge in [-0.05, 0) is 31.1 Å². The minimum absolute atomic E-state index is 0.144. The van der Waals surface area contributed by atoms with Crippen LogP contribution in [-0.2, 0) is 4.79 Å². The van der Waals surface area contributed by atoms with Gasteiger partial charge in [0.05, 0.1) is 6.54 Å². The monoisotopic (exact) mass is 254 g/mol. The maximum Gasteiger partial charge on any atom is 0.234 e. The van der Waals surface area contributed by atoms with Crippen LogP contribution in [0.15, 0.2) is 0 Å². The van der Waals surface area contributed by atoms with Crippen molar-refractivity contribution in [1.82, 2.24) is 10.6 Å². The molecule has 0 spiro atoms. The van der Waals surface area contributed by atoms with Gasteiger partial charge in [-0.3, -0.25) is 4.79 Å². The summed E-state index contributed by atoms with van der Waals surface area (Å²) in [6, 6.07) is 0.817. The van der Waals surface area contributed by atoms with Crippen molar-refractivity contribution in [2.75, 3.05) is 6.54 Å². The second kappa shape index (κ2) is 7.13. The minimum atomic E-state index is 0.144. The van der Waals surface area contributed by atoms with Gasteiger partial charge in [-0.2, -0.15) is 0 Å². The summed E-state index contributed by atoms with van der Waals surface area (Å²) in [5.41, 5.74) is 0.327. The number of carbonyl (C=O) groups excluding carboxylic acids is 1. The standard InChI is InChI=1S/C15H30N2O/c1-5-12(6-2)17-14(18)11-16-13-9-7-8-10-15(13,3)4/h12-13,16H,5-11H2,1-4H3,(H,17,18). The van der Waals surface area contributed by atoms with E-state index in [1.165, 1.54) is 25.7 Å². The SMILES string of the molecule is CCC(CC)NC(=O)CNC1CCCCC1(C)C. The Labute approximate surface area is 112 Å². The Morgan fingerprint density at radius 2 is 1.94 bits per heavy atom. The summed E-state index contributed by atoms with van der Waals surface area (Å²) in [7, 11) is 0. The minimum Gasteiger partial charge on any atom is -0.352 e. The number of hydrogen-bond donors (Lipinski definition) is 2. The molecule has 1 aliphatic rings. The topological polar surface area (TPSA) is 41.1 Å². The maximum atomic E-state index is 11.9. The van der Waals surface area contributed by atoms with E-state index < -0.39 is 0 Å². The fraction of sp³-hybridized carbons (Fsp3) is 0.933. The second-order valence-corrected chi connectivity index (χ2v) is 6.25. The van der Waals surface area contributed by atoms with Crippen LogP contribution >= 0.6 is 0 Å². The van der Waals surface area contributed by atoms with Gasteiger partial charge in [-0.15, -0.1) is 0 Å². The van der Waals surface area contributed by atoms with E-state index in [2.05, 4.69) is 38.3 Å². The molecule has 1 saturated carbocycles. The number of carbonyl (C=O) groups is 1. The summed E-state index contributed by atoms with van der Waals surface area (Å²) in [6.45, 7) is 9.31. The Balaban J connectivity index is 2.33. The fourth-order valence-corrected chi connectivity index (χ4v) is 2.86. The van der Waals surface area contributed by atoms with Crippen LogP contribution in [0.5, 0.6) is 0 Å². The Morgan fingerprint density at radius 1 is 1.28 bits per heavy atom. The average Bonchev–Trinajstić information content (AvgIpc) is 2.34. The van der Waals surface area contributed by atoms with Crippen LogP contribution in [0.1, 0.15) is 66.2 Å². The molecule has 0 aromatic heterocycles. The largest absolute Gasteiger partial charge is 0.352 e. The highest BCUT2D eigenvalue weighted by Crippen LogP contribution is 2.35. The Bertz CT molecular complexity index is 259. The van der Waals surface area contributed by atoms with Gasteiger partial charge in [0.2, 0.25) is 5.91 Å². The lowest BCUT2D eigenvalue weighted by Crippen LogP contribution is -2.49. The van der Waals surface area contributed by atoms with Gasteiger partial charge in [0.25, 0.3) is 0 Å². The molecule has 0 bridgehead atoms. The molecule has 1 fully saturated rings. The maximum absolute atomic E-state index is 11.9. The van der Waals surface area contributed by atoms with E-state index in [0.717, 1.165) is 12.8 Å². The molecule has 1 rings (SSSR count). The summed E-state index contributed by atoms with van der Waals surface area (Å²) in [5.74, 6) is 0.144. The molecule has 106 valence electrons. The van der Waals surface area contributed by atoms with Gasteiger partial charge in [0, 0.05) is 12.1 Å². The molecular formula is C15H30N2O. The lowest BCUT2D eigenvalue weighted by Gasteiger charge is -2.39. The lowest BCUT2D eigenvalue weighted by atomic mass is 9.73. The zero-order chi connectivity index (χ0) is 13.6. The Hall–Kier alpha value is -0.570. The first kappa shape index (κ1) is 15.5. The van der Waals surface area contributed by atoms with Crippen molar-refractivity contribution in [1.29, 1.82) is 0 Å². The number of rotatable bonds is 6. The summed E-state index contributed by atoms with van der Waals surface area (Å²) >= 11 is 0. The van der Waals surface area contributed by atoms with Crippen LogP contribution in [0.3, 0.4) is 0 Å². The molecular weight excluding hydrogens is 224 g/mol. The van der Waals surface area contributed by atoms with E-state index in [1.807, 2.05) is 0 Å². The predicted molar refractivity (Wildman–Crippen MR) is 76.6 cm³/mol. The highest BCUT2D eigenvalue weighted by molar-refractivity contribution is 5.78. The van der Waals surface area contributed by atoms with E-state index in [9.17, 15) is 4.79 Å². The first-order valence-electron chi connectivity index (χ1n) is 7.52. The Kier molecular flexibility index (Phi) is 6.13. The van der Waals surface area contributed by atoms with Crippen LogP contribution < -0.4 is 10.6 Å². The molecule has 3 heteroatoms. The molecule has 0 saturated heterocycles. The highest BCUT2D eigenvalue weighted by atomic mass is 16.1. The molecule has 0 radical (unpaired) electrons. The molecule has 1 unspecified atom stereocenters. The molecule has 1 atom stereocenters. The molecule has 18 heavy (non-hydrogen) atoms. The molecule has 0 aromatic carbocycles. The number of nitrogens with one attached hydrogen (secondary N) is 2. The third-order valence-corrected chi connectivity index (χ3v) is 4.37. The van der Waals surface area contributed by atoms with Crippen molar-refractivity contribution >= 4 is 5.91 Å². The molecule has 1 aliphatic carbocycles. The highest BCUT2D eigenvalue weighted by Gasteiger charge is 2.31. The number of hydrogen-bond acceptors (Lipinski definition) is 2. The quantitative estimate of drug-likeness (QED) is 0.765. The molecule has 1 amide bonds. The van der Waals surface area contributed by atoms with Crippen molar-refractivity contribution in [2.45, 2.75) is 78.3 Å². The van der Waals surface area contributed by atoms with E-state index in [4.69, 9.17) is 0 Å². The van der Waals surface area contributed by atoms with Crippen molar-refractivity contribution < 1.29 is 4.79 Å². The van der Waals surface area contributed by atoms with Crippen LogP contribution in [-0.4, -0.2) is 24.5 Å². The van der Waals surface area contributed by atoms with Crippen molar-refractivity contribution in [3.8, 4) is 0 Å². The van der Waals surface area contributed by atoms with Crippen LogP contribution in [0.2, 0.25) is 0 Å². The van der Waals surface area contributed by atoms with E-state index >= 15 is 0 Å². The van der Waals surface area contributed by atoms with Crippen molar-refractivity contribution in [2.24, 2.45) is 5.41 Å². The zero-order valence-electron chi connectivity index (χ0n) is 12.5. The molecule has 0 aliphatic heterocycles. The van der Waals surface area contributed by atoms with Gasteiger partial charge in [-0.1, -0.05) is 40.5 Å². The Morgan fingerprint density at radius 3 is 2.50 bits per heavy atom. The van der Waals surface area contributed by atoms with Gasteiger partial charge in [-0.25, -0.2) is 0 Å². The summed E-state index contributed by atoms with van der Waals surface area (Å²) in [5, 5.41) is 6.53. The predicted octanol–water partition coefficient (Wildman–Crippen LogP) is 2.85. The number of amides is 1. The van der Waals surface area contributed by atoms with Crippen molar-refractivity contribution in [3.05, 3.63) is 0 Å². The summed E-state index contributed by atoms with van der Waals surface area (Å²) in [4.78, 5) is 11.9. The van der Waals surface area contributed by atoms with Crippen molar-refractivity contribution in [3.63, 3.8) is 0 Å². The van der Waals surface area contributed by atoms with E-state index in [0.29, 0.717) is 24.0 Å². The van der Waals surface area contributed by atoms with Gasteiger partial charge >= 0.3 is 0 Å². The normalized spacial score (nSPS) is 23.1. The van der Waals surface area contributed by atoms with E-state index in [-0.39, 0.29) is 5.91 Å². The summed E-state index contributed by atoms with van der Waals surface area (Å²) < 4.78 is 0. The van der Waals surface area contributed by atoms with Crippen LogP contribution in [0.25, 0.3) is 0 Å². The van der Waals surface area contributed by atoms with E-state index in [1.54, 1.807) is 0 Å². The first-order valence-corrected chi connectivity index (χ1v) is 7.52. The van der Waals surface area contributed by atoms with Crippen LogP contribution in [0.4, 0.5) is 0 Å². The van der Waals surface area contributed by atoms with Gasteiger partial charge in [0.15, 0.2) is 0 Å². The third kappa shape index (κ3) is 4.60. The molecule has 0 heterocycles. The molecule has 0 aromatic rings. The fourth-order valence-electron chi connectivity index (χ4n) is 2.86. The van der Waals surface area contributed by atoms with Gasteiger partial charge < -0.3 is 10.6 Å². The lowest BCUT2D eigenvalue weighted by molar-refractivity contribution is -0.121. The smallest absolute Gasteiger partial charge is 0.234 e. The molecule has 2 N–H and O–H groups in total. The molecule has 3 nitrogen and oxygen atoms in total. The van der Waals surface area contributed by atoms with Crippen LogP contribution in [0, 0.1) is 5.41 Å². The second-order valence-electron chi connectivity index (χ2n) is 6.25. The average molecular weight is 254 g/mol.